The van der Waals surface area contributed by atoms with Crippen molar-refractivity contribution in [1.29, 1.82) is 0 Å². The smallest absolute Gasteiger partial charge is 0.0702 e. The summed E-state index contributed by atoms with van der Waals surface area (Å²) in [6.07, 6.45) is 7.48. The summed E-state index contributed by atoms with van der Waals surface area (Å²) in [4.78, 5) is 4.46. The van der Waals surface area contributed by atoms with Gasteiger partial charge in [0.05, 0.1) is 5.52 Å². The van der Waals surface area contributed by atoms with Crippen molar-refractivity contribution in [2.24, 2.45) is 0 Å². The number of aromatic nitrogens is 1. The van der Waals surface area contributed by atoms with Gasteiger partial charge in [-0.3, -0.25) is 4.98 Å². The Hall–Kier alpha value is -1.41. The Morgan fingerprint density at radius 2 is 1.82 bits per heavy atom. The Balaban J connectivity index is 1.90. The molecule has 0 atom stereocenters. The lowest BCUT2D eigenvalue weighted by molar-refractivity contribution is 0.282. The van der Waals surface area contributed by atoms with Gasteiger partial charge in [0.15, 0.2) is 0 Å². The van der Waals surface area contributed by atoms with Crippen molar-refractivity contribution in [2.45, 2.75) is 32.1 Å². The van der Waals surface area contributed by atoms with E-state index in [1.807, 2.05) is 18.3 Å². The van der Waals surface area contributed by atoms with Crippen molar-refractivity contribution in [1.82, 2.24) is 4.98 Å². The van der Waals surface area contributed by atoms with E-state index in [-0.39, 0.29) is 0 Å². The van der Waals surface area contributed by atoms with E-state index in [1.54, 1.807) is 0 Å². The average Bonchev–Trinajstić information content (AvgIpc) is 2.38. The second-order valence-electron chi connectivity index (χ2n) is 4.42. The van der Waals surface area contributed by atoms with Gasteiger partial charge in [-0.1, -0.05) is 31.0 Å². The first kappa shape index (κ1) is 12.1. The second-order valence-corrected chi connectivity index (χ2v) is 4.42. The Labute approximate surface area is 102 Å². The lowest BCUT2D eigenvalue weighted by atomic mass is 10.1. The molecule has 0 saturated heterocycles. The predicted molar refractivity (Wildman–Crippen MR) is 71.0 cm³/mol. The Bertz CT molecular complexity index is 467. The van der Waals surface area contributed by atoms with E-state index in [1.165, 1.54) is 23.8 Å². The molecule has 0 aliphatic heterocycles. The van der Waals surface area contributed by atoms with Crippen LogP contribution in [0.25, 0.3) is 10.9 Å². The monoisotopic (exact) mass is 229 g/mol. The number of nitrogens with zero attached hydrogens (tertiary/aromatic N) is 1. The SMILES string of the molecule is OCCCCCCc1cnc2ccccc2c1. The molecule has 0 unspecified atom stereocenters. The Morgan fingerprint density at radius 1 is 1.00 bits per heavy atom. The molecule has 1 aromatic carbocycles. The molecule has 2 nitrogen and oxygen atoms in total. The molecule has 0 aliphatic rings. The van der Waals surface area contributed by atoms with Crippen LogP contribution >= 0.6 is 0 Å². The van der Waals surface area contributed by atoms with Gasteiger partial charge in [0.2, 0.25) is 0 Å². The van der Waals surface area contributed by atoms with Crippen LogP contribution < -0.4 is 0 Å². The highest BCUT2D eigenvalue weighted by Gasteiger charge is 1.97. The number of aliphatic hydroxyl groups excluding tert-OH is 1. The molecule has 2 aromatic rings. The standard InChI is InChI=1S/C15H19NO/c17-10-6-2-1-3-7-13-11-14-8-4-5-9-15(14)16-12-13/h4-5,8-9,11-12,17H,1-3,6-7,10H2. The number of aliphatic hydroxyl groups is 1. The van der Waals surface area contributed by atoms with Gasteiger partial charge in [-0.15, -0.1) is 0 Å². The summed E-state index contributed by atoms with van der Waals surface area (Å²) in [6, 6.07) is 10.4. The third-order valence-corrected chi connectivity index (χ3v) is 3.02. The van der Waals surface area contributed by atoms with Crippen LogP contribution in [0.15, 0.2) is 36.5 Å². The lowest BCUT2D eigenvalue weighted by Gasteiger charge is -2.03. The van der Waals surface area contributed by atoms with E-state index >= 15 is 0 Å². The number of unbranched alkanes of at least 4 members (excludes halogenated alkanes) is 3. The van der Waals surface area contributed by atoms with Crippen molar-refractivity contribution in [3.8, 4) is 0 Å². The van der Waals surface area contributed by atoms with Crippen molar-refractivity contribution in [2.75, 3.05) is 6.61 Å². The molecule has 0 bridgehead atoms. The maximum atomic E-state index is 8.69. The van der Waals surface area contributed by atoms with Gasteiger partial charge in [0.1, 0.15) is 0 Å². The molecular formula is C15H19NO. The van der Waals surface area contributed by atoms with Crippen LogP contribution in [0.4, 0.5) is 0 Å². The maximum Gasteiger partial charge on any atom is 0.0702 e. The zero-order chi connectivity index (χ0) is 11.9. The molecule has 0 amide bonds. The van der Waals surface area contributed by atoms with Gasteiger partial charge in [0, 0.05) is 18.2 Å². The summed E-state index contributed by atoms with van der Waals surface area (Å²) in [6.45, 7) is 0.317. The second kappa shape index (κ2) is 6.36. The number of pyridine rings is 1. The molecule has 2 rings (SSSR count). The lowest BCUT2D eigenvalue weighted by Crippen LogP contribution is -1.89. The summed E-state index contributed by atoms with van der Waals surface area (Å²) < 4.78 is 0. The third kappa shape index (κ3) is 3.53. The summed E-state index contributed by atoms with van der Waals surface area (Å²) in [5.74, 6) is 0. The number of benzene rings is 1. The summed E-state index contributed by atoms with van der Waals surface area (Å²) in [5.41, 5.74) is 2.38. The first-order valence-electron chi connectivity index (χ1n) is 6.34. The van der Waals surface area contributed by atoms with Gasteiger partial charge in [-0.25, -0.2) is 0 Å². The van der Waals surface area contributed by atoms with Crippen molar-refractivity contribution >= 4 is 10.9 Å². The third-order valence-electron chi connectivity index (χ3n) is 3.02. The highest BCUT2D eigenvalue weighted by Crippen LogP contribution is 2.14. The Morgan fingerprint density at radius 3 is 2.71 bits per heavy atom. The summed E-state index contributed by atoms with van der Waals surface area (Å²) in [5, 5.41) is 9.91. The van der Waals surface area contributed by atoms with E-state index in [2.05, 4.69) is 23.2 Å². The molecule has 1 heterocycles. The number of hydrogen-bond acceptors (Lipinski definition) is 2. The van der Waals surface area contributed by atoms with Crippen LogP contribution in [0.1, 0.15) is 31.2 Å². The van der Waals surface area contributed by atoms with Crippen LogP contribution in [0.3, 0.4) is 0 Å². The zero-order valence-corrected chi connectivity index (χ0v) is 10.1. The molecule has 1 aromatic heterocycles. The van der Waals surface area contributed by atoms with Crippen LogP contribution in [0.2, 0.25) is 0 Å². The number of rotatable bonds is 6. The molecule has 2 heteroatoms. The van der Waals surface area contributed by atoms with Crippen molar-refractivity contribution < 1.29 is 5.11 Å². The van der Waals surface area contributed by atoms with Crippen LogP contribution in [0, 0.1) is 0 Å². The normalized spacial score (nSPS) is 10.9. The molecule has 17 heavy (non-hydrogen) atoms. The van der Waals surface area contributed by atoms with Crippen LogP contribution in [-0.4, -0.2) is 16.7 Å². The quantitative estimate of drug-likeness (QED) is 0.771. The van der Waals surface area contributed by atoms with Crippen LogP contribution in [0.5, 0.6) is 0 Å². The van der Waals surface area contributed by atoms with Gasteiger partial charge in [-0.05, 0) is 37.0 Å². The summed E-state index contributed by atoms with van der Waals surface area (Å²) in [7, 11) is 0. The van der Waals surface area contributed by atoms with E-state index < -0.39 is 0 Å². The van der Waals surface area contributed by atoms with Gasteiger partial charge < -0.3 is 5.11 Å². The number of hydrogen-bond donors (Lipinski definition) is 1. The predicted octanol–water partition coefficient (Wildman–Crippen LogP) is 3.33. The first-order valence-corrected chi connectivity index (χ1v) is 6.34. The molecule has 0 aliphatic carbocycles. The minimum atomic E-state index is 0.317. The number of para-hydroxylation sites is 1. The molecule has 0 radical (unpaired) electrons. The Kier molecular flexibility index (Phi) is 4.51. The minimum absolute atomic E-state index is 0.317. The fourth-order valence-electron chi connectivity index (χ4n) is 2.05. The summed E-state index contributed by atoms with van der Waals surface area (Å²) >= 11 is 0. The van der Waals surface area contributed by atoms with Gasteiger partial charge in [-0.2, -0.15) is 0 Å². The van der Waals surface area contributed by atoms with Crippen molar-refractivity contribution in [3.63, 3.8) is 0 Å². The maximum absolute atomic E-state index is 8.69. The minimum Gasteiger partial charge on any atom is -0.396 e. The van der Waals surface area contributed by atoms with E-state index in [0.29, 0.717) is 6.61 Å². The van der Waals surface area contributed by atoms with Crippen molar-refractivity contribution in [3.05, 3.63) is 42.1 Å². The fourth-order valence-corrected chi connectivity index (χ4v) is 2.05. The van der Waals surface area contributed by atoms with Gasteiger partial charge in [0.25, 0.3) is 0 Å². The molecule has 0 spiro atoms. The first-order chi connectivity index (χ1) is 8.40. The largest absolute Gasteiger partial charge is 0.396 e. The number of aryl methyl sites for hydroxylation is 1. The molecule has 90 valence electrons. The topological polar surface area (TPSA) is 33.1 Å². The molecule has 0 saturated carbocycles. The highest BCUT2D eigenvalue weighted by atomic mass is 16.2. The van der Waals surface area contributed by atoms with E-state index in [4.69, 9.17) is 5.11 Å². The highest BCUT2D eigenvalue weighted by molar-refractivity contribution is 5.78. The van der Waals surface area contributed by atoms with Crippen LogP contribution in [-0.2, 0) is 6.42 Å². The number of fused-ring (bicyclic) bond motifs is 1. The van der Waals surface area contributed by atoms with Gasteiger partial charge >= 0.3 is 0 Å². The zero-order valence-electron chi connectivity index (χ0n) is 10.1. The molecule has 1 N–H and O–H groups in total. The van der Waals surface area contributed by atoms with E-state index in [9.17, 15) is 0 Å². The fraction of sp³-hybridized carbons (Fsp3) is 0.400. The average molecular weight is 229 g/mol. The molecular weight excluding hydrogens is 210 g/mol. The van der Waals surface area contributed by atoms with E-state index in [0.717, 1.165) is 24.8 Å². The molecule has 0 fully saturated rings.